The molecule has 2 aliphatic carbocycles. The summed E-state index contributed by atoms with van der Waals surface area (Å²) in [4.78, 5) is 0. The summed E-state index contributed by atoms with van der Waals surface area (Å²) >= 11 is 0. The molecule has 1 heterocycles. The van der Waals surface area contributed by atoms with E-state index in [1.165, 1.54) is 45.1 Å². The molecule has 3 fully saturated rings. The largest absolute Gasteiger partial charge is 0.381 e. The van der Waals surface area contributed by atoms with Gasteiger partial charge in [-0.1, -0.05) is 0 Å². The smallest absolute Gasteiger partial charge is 0.0497 e. The van der Waals surface area contributed by atoms with Crippen LogP contribution < -0.4 is 5.32 Å². The quantitative estimate of drug-likeness (QED) is 0.766. The van der Waals surface area contributed by atoms with Crippen LogP contribution in [-0.2, 0) is 4.74 Å². The van der Waals surface area contributed by atoms with Crippen LogP contribution in [0.5, 0.6) is 0 Å². The Kier molecular flexibility index (Phi) is 2.98. The zero-order valence-electron chi connectivity index (χ0n) is 9.58. The number of ether oxygens (including phenoxy) is 1. The van der Waals surface area contributed by atoms with E-state index in [-0.39, 0.29) is 0 Å². The van der Waals surface area contributed by atoms with Crippen LogP contribution in [0, 0.1) is 17.8 Å². The third-order valence-corrected chi connectivity index (χ3v) is 4.52. The Morgan fingerprint density at radius 1 is 1.07 bits per heavy atom. The lowest BCUT2D eigenvalue weighted by atomic mass is 9.65. The summed E-state index contributed by atoms with van der Waals surface area (Å²) in [5.74, 6) is 2.84. The third kappa shape index (κ3) is 2.36. The molecule has 3 atom stereocenters. The first-order valence-corrected chi connectivity index (χ1v) is 6.74. The normalized spacial score (nSPS) is 41.2. The minimum Gasteiger partial charge on any atom is -0.381 e. The molecule has 1 N–H and O–H groups in total. The van der Waals surface area contributed by atoms with Crippen molar-refractivity contribution in [3.8, 4) is 0 Å². The summed E-state index contributed by atoms with van der Waals surface area (Å²) in [5, 5.41) is 3.69. The summed E-state index contributed by atoms with van der Waals surface area (Å²) in [7, 11) is 0. The Hall–Kier alpha value is -0.0800. The highest BCUT2D eigenvalue weighted by molar-refractivity contribution is 4.90. The Balaban J connectivity index is 1.43. The van der Waals surface area contributed by atoms with Crippen LogP contribution in [0.3, 0.4) is 0 Å². The van der Waals surface area contributed by atoms with E-state index in [0.29, 0.717) is 0 Å². The van der Waals surface area contributed by atoms with Crippen LogP contribution in [0.15, 0.2) is 0 Å². The molecule has 3 aliphatic rings. The maximum atomic E-state index is 5.60. The fourth-order valence-electron chi connectivity index (χ4n) is 3.18. The number of hydrogen-bond acceptors (Lipinski definition) is 2. The summed E-state index contributed by atoms with van der Waals surface area (Å²) in [5.41, 5.74) is 0. The Morgan fingerprint density at radius 3 is 2.60 bits per heavy atom. The second-order valence-electron chi connectivity index (χ2n) is 5.66. The fraction of sp³-hybridized carbons (Fsp3) is 1.00. The van der Waals surface area contributed by atoms with Crippen LogP contribution in [0.4, 0.5) is 0 Å². The van der Waals surface area contributed by atoms with Crippen LogP contribution in [0.2, 0.25) is 0 Å². The molecule has 2 heteroatoms. The van der Waals surface area contributed by atoms with Crippen molar-refractivity contribution in [3.05, 3.63) is 0 Å². The number of hydrogen-bond donors (Lipinski definition) is 1. The van der Waals surface area contributed by atoms with E-state index in [1.54, 1.807) is 0 Å². The van der Waals surface area contributed by atoms with E-state index in [0.717, 1.165) is 37.0 Å². The standard InChI is InChI=1S/C13H23NO/c1-2-11(9-15-7-1)13-6-3-10(13)8-14-12-4-5-12/h10-14H,1-9H2. The lowest BCUT2D eigenvalue weighted by Gasteiger charge is -2.43. The molecule has 2 nitrogen and oxygen atoms in total. The summed E-state index contributed by atoms with van der Waals surface area (Å²) in [6.07, 6.45) is 8.48. The van der Waals surface area contributed by atoms with E-state index in [2.05, 4.69) is 5.32 Å². The van der Waals surface area contributed by atoms with Crippen molar-refractivity contribution in [2.24, 2.45) is 17.8 Å². The Bertz CT molecular complexity index is 209. The number of nitrogens with one attached hydrogen (secondary N) is 1. The lowest BCUT2D eigenvalue weighted by molar-refractivity contribution is -0.0138. The van der Waals surface area contributed by atoms with Gasteiger partial charge in [0.25, 0.3) is 0 Å². The van der Waals surface area contributed by atoms with E-state index >= 15 is 0 Å². The zero-order valence-corrected chi connectivity index (χ0v) is 9.58. The van der Waals surface area contributed by atoms with Gasteiger partial charge in [-0.15, -0.1) is 0 Å². The van der Waals surface area contributed by atoms with Crippen LogP contribution in [-0.4, -0.2) is 25.8 Å². The molecular formula is C13H23NO. The summed E-state index contributed by atoms with van der Waals surface area (Å²) in [6.45, 7) is 3.34. The van der Waals surface area contributed by atoms with Gasteiger partial charge in [-0.3, -0.25) is 0 Å². The Morgan fingerprint density at radius 2 is 2.00 bits per heavy atom. The second-order valence-corrected chi connectivity index (χ2v) is 5.66. The van der Waals surface area contributed by atoms with Crippen LogP contribution in [0.25, 0.3) is 0 Å². The van der Waals surface area contributed by atoms with Gasteiger partial charge in [0, 0.05) is 19.3 Å². The van der Waals surface area contributed by atoms with Crippen molar-refractivity contribution >= 4 is 0 Å². The van der Waals surface area contributed by atoms with Gasteiger partial charge in [0.15, 0.2) is 0 Å². The van der Waals surface area contributed by atoms with Crippen molar-refractivity contribution in [2.45, 2.75) is 44.6 Å². The van der Waals surface area contributed by atoms with Gasteiger partial charge in [-0.25, -0.2) is 0 Å². The van der Waals surface area contributed by atoms with Gasteiger partial charge in [0.05, 0.1) is 0 Å². The van der Waals surface area contributed by atoms with E-state index in [9.17, 15) is 0 Å². The highest BCUT2D eigenvalue weighted by Crippen LogP contribution is 2.42. The highest BCUT2D eigenvalue weighted by Gasteiger charge is 2.38. The molecule has 3 rings (SSSR count). The van der Waals surface area contributed by atoms with E-state index < -0.39 is 0 Å². The number of rotatable bonds is 4. The minimum atomic E-state index is 0.883. The molecule has 0 amide bonds. The van der Waals surface area contributed by atoms with Crippen molar-refractivity contribution in [1.29, 1.82) is 0 Å². The van der Waals surface area contributed by atoms with Crippen molar-refractivity contribution in [2.75, 3.05) is 19.8 Å². The first-order chi connectivity index (χ1) is 7.43. The molecule has 86 valence electrons. The SMILES string of the molecule is C1COCC(C2CCC2CNC2CC2)C1. The average molecular weight is 209 g/mol. The van der Waals surface area contributed by atoms with Gasteiger partial charge in [0.2, 0.25) is 0 Å². The van der Waals surface area contributed by atoms with E-state index in [4.69, 9.17) is 4.74 Å². The molecule has 3 unspecified atom stereocenters. The molecule has 0 aromatic rings. The van der Waals surface area contributed by atoms with E-state index in [1.807, 2.05) is 0 Å². The van der Waals surface area contributed by atoms with Gasteiger partial charge >= 0.3 is 0 Å². The summed E-state index contributed by atoms with van der Waals surface area (Å²) < 4.78 is 5.60. The topological polar surface area (TPSA) is 21.3 Å². The monoisotopic (exact) mass is 209 g/mol. The van der Waals surface area contributed by atoms with Crippen LogP contribution >= 0.6 is 0 Å². The molecule has 0 aromatic heterocycles. The molecule has 1 aliphatic heterocycles. The lowest BCUT2D eigenvalue weighted by Crippen LogP contribution is -2.42. The Labute approximate surface area is 92.8 Å². The maximum Gasteiger partial charge on any atom is 0.0497 e. The van der Waals surface area contributed by atoms with Crippen molar-refractivity contribution in [3.63, 3.8) is 0 Å². The molecule has 15 heavy (non-hydrogen) atoms. The van der Waals surface area contributed by atoms with Gasteiger partial charge < -0.3 is 10.1 Å². The molecule has 0 aromatic carbocycles. The van der Waals surface area contributed by atoms with Gasteiger partial charge in [-0.2, -0.15) is 0 Å². The van der Waals surface area contributed by atoms with Crippen molar-refractivity contribution in [1.82, 2.24) is 5.32 Å². The predicted molar refractivity (Wildman–Crippen MR) is 60.8 cm³/mol. The third-order valence-electron chi connectivity index (χ3n) is 4.52. The first-order valence-electron chi connectivity index (χ1n) is 6.74. The fourth-order valence-corrected chi connectivity index (χ4v) is 3.18. The molecule has 0 bridgehead atoms. The van der Waals surface area contributed by atoms with Crippen molar-refractivity contribution < 1.29 is 4.74 Å². The van der Waals surface area contributed by atoms with Gasteiger partial charge in [0.1, 0.15) is 0 Å². The van der Waals surface area contributed by atoms with Gasteiger partial charge in [-0.05, 0) is 62.8 Å². The molecule has 2 saturated carbocycles. The minimum absolute atomic E-state index is 0.883. The second kappa shape index (κ2) is 4.42. The highest BCUT2D eigenvalue weighted by atomic mass is 16.5. The predicted octanol–water partition coefficient (Wildman–Crippen LogP) is 2.19. The first kappa shape index (κ1) is 10.1. The average Bonchev–Trinajstić information content (AvgIpc) is 3.02. The molecular weight excluding hydrogens is 186 g/mol. The van der Waals surface area contributed by atoms with Crippen LogP contribution in [0.1, 0.15) is 38.5 Å². The summed E-state index contributed by atoms with van der Waals surface area (Å²) in [6, 6.07) is 0.883. The zero-order chi connectivity index (χ0) is 10.1. The maximum absolute atomic E-state index is 5.60. The molecule has 0 spiro atoms. The molecule has 0 radical (unpaired) electrons. The molecule has 1 saturated heterocycles.